The summed E-state index contributed by atoms with van der Waals surface area (Å²) >= 11 is 0. The molecule has 1 aromatic carbocycles. The molecule has 2 heterocycles. The van der Waals surface area contributed by atoms with Gasteiger partial charge in [-0.1, -0.05) is 6.07 Å². The van der Waals surface area contributed by atoms with Gasteiger partial charge in [0, 0.05) is 44.4 Å². The Hall–Kier alpha value is -1.97. The van der Waals surface area contributed by atoms with Crippen molar-refractivity contribution in [1.29, 1.82) is 0 Å². The van der Waals surface area contributed by atoms with Crippen molar-refractivity contribution in [2.75, 3.05) is 23.8 Å². The number of aromatic nitrogens is 2. The van der Waals surface area contributed by atoms with Crippen LogP contribution in [0.2, 0.25) is 0 Å². The zero-order chi connectivity index (χ0) is 13.2. The van der Waals surface area contributed by atoms with Gasteiger partial charge in [0.05, 0.1) is 6.54 Å². The second kappa shape index (κ2) is 4.96. The number of hydrogen-bond acceptors (Lipinski definition) is 3. The highest BCUT2D eigenvalue weighted by Gasteiger charge is 2.15. The van der Waals surface area contributed by atoms with Crippen molar-refractivity contribution in [3.8, 4) is 0 Å². The number of benzene rings is 1. The summed E-state index contributed by atoms with van der Waals surface area (Å²) in [5, 5.41) is 3.48. The number of fused-ring (bicyclic) bond motifs is 1. The number of imidazole rings is 1. The molecule has 1 N–H and O–H groups in total. The van der Waals surface area contributed by atoms with E-state index in [1.807, 2.05) is 19.4 Å². The van der Waals surface area contributed by atoms with E-state index in [2.05, 4.69) is 45.0 Å². The van der Waals surface area contributed by atoms with Gasteiger partial charge < -0.3 is 14.8 Å². The number of anilines is 2. The Morgan fingerprint density at radius 1 is 1.42 bits per heavy atom. The summed E-state index contributed by atoms with van der Waals surface area (Å²) in [4.78, 5) is 6.68. The third kappa shape index (κ3) is 2.30. The molecule has 0 spiro atoms. The van der Waals surface area contributed by atoms with Gasteiger partial charge in [-0.25, -0.2) is 4.98 Å². The van der Waals surface area contributed by atoms with E-state index in [9.17, 15) is 0 Å². The monoisotopic (exact) mass is 256 g/mol. The van der Waals surface area contributed by atoms with E-state index in [0.29, 0.717) is 0 Å². The number of aryl methyl sites for hydroxylation is 1. The highest BCUT2D eigenvalue weighted by molar-refractivity contribution is 5.67. The molecule has 1 aliphatic heterocycles. The number of rotatable bonds is 3. The van der Waals surface area contributed by atoms with Crippen LogP contribution in [0, 0.1) is 0 Å². The molecule has 0 unspecified atom stereocenters. The summed E-state index contributed by atoms with van der Waals surface area (Å²) in [6.07, 6.45) is 6.21. The molecule has 0 bridgehead atoms. The fourth-order valence-corrected chi connectivity index (χ4v) is 2.69. The fourth-order valence-electron chi connectivity index (χ4n) is 2.69. The predicted molar refractivity (Wildman–Crippen MR) is 78.6 cm³/mol. The molecule has 0 amide bonds. The molecule has 4 heteroatoms. The summed E-state index contributed by atoms with van der Waals surface area (Å²) in [5.41, 5.74) is 4.04. The smallest absolute Gasteiger partial charge is 0.127 e. The van der Waals surface area contributed by atoms with E-state index in [-0.39, 0.29) is 0 Å². The van der Waals surface area contributed by atoms with Crippen molar-refractivity contribution in [2.45, 2.75) is 19.4 Å². The second-order valence-electron chi connectivity index (χ2n) is 5.14. The van der Waals surface area contributed by atoms with Crippen LogP contribution in [0.15, 0.2) is 30.6 Å². The number of nitrogens with zero attached hydrogens (tertiary/aromatic N) is 3. The molecule has 3 rings (SSSR count). The zero-order valence-corrected chi connectivity index (χ0v) is 11.6. The van der Waals surface area contributed by atoms with Crippen LogP contribution in [0.25, 0.3) is 0 Å². The van der Waals surface area contributed by atoms with Gasteiger partial charge in [0.15, 0.2) is 0 Å². The molecule has 100 valence electrons. The summed E-state index contributed by atoms with van der Waals surface area (Å²) in [5.74, 6) is 1.09. The van der Waals surface area contributed by atoms with Crippen molar-refractivity contribution in [3.05, 3.63) is 42.0 Å². The minimum Gasteiger partial charge on any atom is -0.385 e. The lowest BCUT2D eigenvalue weighted by Gasteiger charge is -2.27. The van der Waals surface area contributed by atoms with Gasteiger partial charge in [-0.05, 0) is 30.5 Å². The normalized spacial score (nSPS) is 13.8. The SMILES string of the molecule is CN(Cc1nccn1C)c1cccc2c1CCCN2. The van der Waals surface area contributed by atoms with Crippen LogP contribution in [0.1, 0.15) is 17.8 Å². The number of nitrogens with one attached hydrogen (secondary N) is 1. The van der Waals surface area contributed by atoms with Gasteiger partial charge in [0.1, 0.15) is 5.82 Å². The van der Waals surface area contributed by atoms with Crippen molar-refractivity contribution >= 4 is 11.4 Å². The average molecular weight is 256 g/mol. The lowest BCUT2D eigenvalue weighted by Crippen LogP contribution is -2.22. The number of hydrogen-bond donors (Lipinski definition) is 1. The largest absolute Gasteiger partial charge is 0.385 e. The van der Waals surface area contributed by atoms with Gasteiger partial charge >= 0.3 is 0 Å². The predicted octanol–water partition coefficient (Wildman–Crippen LogP) is 2.41. The third-order valence-electron chi connectivity index (χ3n) is 3.78. The van der Waals surface area contributed by atoms with Crippen molar-refractivity contribution < 1.29 is 0 Å². The highest BCUT2D eigenvalue weighted by atomic mass is 15.2. The zero-order valence-electron chi connectivity index (χ0n) is 11.6. The van der Waals surface area contributed by atoms with E-state index in [1.165, 1.54) is 23.4 Å². The first-order valence-electron chi connectivity index (χ1n) is 6.79. The summed E-state index contributed by atoms with van der Waals surface area (Å²) < 4.78 is 2.07. The molecule has 0 atom stereocenters. The molecule has 0 fully saturated rings. The van der Waals surface area contributed by atoms with Gasteiger partial charge in [-0.15, -0.1) is 0 Å². The Balaban J connectivity index is 1.87. The third-order valence-corrected chi connectivity index (χ3v) is 3.78. The van der Waals surface area contributed by atoms with Crippen LogP contribution in [0.3, 0.4) is 0 Å². The maximum Gasteiger partial charge on any atom is 0.127 e. The van der Waals surface area contributed by atoms with Gasteiger partial charge in [0.25, 0.3) is 0 Å². The quantitative estimate of drug-likeness (QED) is 0.915. The molecule has 19 heavy (non-hydrogen) atoms. The Bertz CT molecular complexity index is 573. The highest BCUT2D eigenvalue weighted by Crippen LogP contribution is 2.31. The van der Waals surface area contributed by atoms with Crippen LogP contribution in [-0.2, 0) is 20.0 Å². The summed E-state index contributed by atoms with van der Waals surface area (Å²) in [6.45, 7) is 1.92. The molecular formula is C15H20N4. The lowest BCUT2D eigenvalue weighted by molar-refractivity contribution is 0.753. The molecule has 0 radical (unpaired) electrons. The van der Waals surface area contributed by atoms with Crippen molar-refractivity contribution in [1.82, 2.24) is 9.55 Å². The molecule has 0 aliphatic carbocycles. The Kier molecular flexibility index (Phi) is 3.15. The molecule has 2 aromatic rings. The first-order valence-corrected chi connectivity index (χ1v) is 6.79. The Labute approximate surface area is 114 Å². The second-order valence-corrected chi connectivity index (χ2v) is 5.14. The standard InChI is InChI=1S/C15H20N4/c1-18-10-9-17-15(18)11-19(2)14-7-3-6-13-12(14)5-4-8-16-13/h3,6-7,9-10,16H,4-5,8,11H2,1-2H3. The van der Waals surface area contributed by atoms with Crippen molar-refractivity contribution in [3.63, 3.8) is 0 Å². The maximum atomic E-state index is 4.40. The summed E-state index contributed by atoms with van der Waals surface area (Å²) in [6, 6.07) is 6.50. The average Bonchev–Trinajstić information content (AvgIpc) is 2.83. The van der Waals surface area contributed by atoms with E-state index in [1.54, 1.807) is 0 Å². The van der Waals surface area contributed by atoms with Gasteiger partial charge in [-0.3, -0.25) is 0 Å². The summed E-state index contributed by atoms with van der Waals surface area (Å²) in [7, 11) is 4.18. The Morgan fingerprint density at radius 2 is 2.32 bits per heavy atom. The molecule has 1 aliphatic rings. The topological polar surface area (TPSA) is 33.1 Å². The van der Waals surface area contributed by atoms with E-state index in [0.717, 1.165) is 25.3 Å². The van der Waals surface area contributed by atoms with E-state index < -0.39 is 0 Å². The molecule has 1 aromatic heterocycles. The molecule has 4 nitrogen and oxygen atoms in total. The van der Waals surface area contributed by atoms with Crippen molar-refractivity contribution in [2.24, 2.45) is 7.05 Å². The minimum atomic E-state index is 0.833. The van der Waals surface area contributed by atoms with Gasteiger partial charge in [0.2, 0.25) is 0 Å². The maximum absolute atomic E-state index is 4.40. The molecule has 0 saturated carbocycles. The van der Waals surface area contributed by atoms with Crippen LogP contribution >= 0.6 is 0 Å². The molecular weight excluding hydrogens is 236 g/mol. The van der Waals surface area contributed by atoms with Gasteiger partial charge in [-0.2, -0.15) is 0 Å². The minimum absolute atomic E-state index is 0.833. The van der Waals surface area contributed by atoms with E-state index >= 15 is 0 Å². The Morgan fingerprint density at radius 3 is 3.11 bits per heavy atom. The van der Waals surface area contributed by atoms with Crippen LogP contribution in [0.4, 0.5) is 11.4 Å². The van der Waals surface area contributed by atoms with E-state index in [4.69, 9.17) is 0 Å². The molecule has 0 saturated heterocycles. The first kappa shape index (κ1) is 12.1. The van der Waals surface area contributed by atoms with Crippen LogP contribution in [0.5, 0.6) is 0 Å². The van der Waals surface area contributed by atoms with Crippen LogP contribution in [-0.4, -0.2) is 23.1 Å². The lowest BCUT2D eigenvalue weighted by atomic mass is 10.0. The first-order chi connectivity index (χ1) is 9.25. The fraction of sp³-hybridized carbons (Fsp3) is 0.400. The van der Waals surface area contributed by atoms with Crippen LogP contribution < -0.4 is 10.2 Å².